The molecule has 1 aliphatic heterocycles. The summed E-state index contributed by atoms with van der Waals surface area (Å²) in [6, 6.07) is 0. The van der Waals surface area contributed by atoms with Crippen LogP contribution in [0.15, 0.2) is 12.4 Å². The van der Waals surface area contributed by atoms with Gasteiger partial charge in [-0.25, -0.2) is 9.78 Å². The number of likely N-dealkylation sites (tertiary alicyclic amines) is 1. The molecule has 0 saturated carbocycles. The van der Waals surface area contributed by atoms with E-state index in [-0.39, 0.29) is 5.69 Å². The number of carboxylic acids is 1. The van der Waals surface area contributed by atoms with Crippen LogP contribution in [0.1, 0.15) is 35.4 Å². The molecule has 1 fully saturated rings. The first kappa shape index (κ1) is 11.0. The summed E-state index contributed by atoms with van der Waals surface area (Å²) in [7, 11) is 0. The standard InChI is InChI=1S/C11H15N3O2/c15-11(16)10-7-12-9(6-13-10)8-14-4-2-1-3-5-14/h6-7H,1-5,8H2,(H,15,16). The molecule has 0 aliphatic carbocycles. The second kappa shape index (κ2) is 5.03. The molecule has 1 N–H and O–H groups in total. The number of aromatic carboxylic acids is 1. The van der Waals surface area contributed by atoms with Gasteiger partial charge in [-0.2, -0.15) is 0 Å². The van der Waals surface area contributed by atoms with E-state index in [0.29, 0.717) is 0 Å². The Morgan fingerprint density at radius 3 is 2.56 bits per heavy atom. The zero-order valence-electron chi connectivity index (χ0n) is 9.09. The highest BCUT2D eigenvalue weighted by Gasteiger charge is 2.12. The predicted molar refractivity (Wildman–Crippen MR) is 58.1 cm³/mol. The van der Waals surface area contributed by atoms with Crippen LogP contribution in [-0.4, -0.2) is 39.0 Å². The minimum Gasteiger partial charge on any atom is -0.476 e. The normalized spacial score (nSPS) is 17.2. The van der Waals surface area contributed by atoms with Crippen molar-refractivity contribution in [1.29, 1.82) is 0 Å². The molecule has 0 amide bonds. The van der Waals surface area contributed by atoms with Crippen molar-refractivity contribution in [3.05, 3.63) is 23.8 Å². The molecule has 5 heteroatoms. The summed E-state index contributed by atoms with van der Waals surface area (Å²) in [6.07, 6.45) is 6.65. The number of hydrogen-bond donors (Lipinski definition) is 1. The lowest BCUT2D eigenvalue weighted by Gasteiger charge is -2.25. The lowest BCUT2D eigenvalue weighted by Crippen LogP contribution is -2.29. The molecule has 1 saturated heterocycles. The van der Waals surface area contributed by atoms with E-state index in [1.54, 1.807) is 6.20 Å². The number of hydrogen-bond acceptors (Lipinski definition) is 4. The van der Waals surface area contributed by atoms with Crippen molar-refractivity contribution in [3.8, 4) is 0 Å². The number of carbonyl (C=O) groups is 1. The van der Waals surface area contributed by atoms with Gasteiger partial charge in [-0.15, -0.1) is 0 Å². The first-order valence-electron chi connectivity index (χ1n) is 5.52. The van der Waals surface area contributed by atoms with E-state index in [1.807, 2.05) is 0 Å². The highest BCUT2D eigenvalue weighted by atomic mass is 16.4. The molecule has 16 heavy (non-hydrogen) atoms. The average Bonchev–Trinajstić information content (AvgIpc) is 2.31. The van der Waals surface area contributed by atoms with E-state index < -0.39 is 5.97 Å². The smallest absolute Gasteiger partial charge is 0.356 e. The zero-order valence-corrected chi connectivity index (χ0v) is 9.09. The third kappa shape index (κ3) is 2.76. The van der Waals surface area contributed by atoms with Crippen molar-refractivity contribution < 1.29 is 9.90 Å². The minimum absolute atomic E-state index is 0.00222. The van der Waals surface area contributed by atoms with Gasteiger partial charge >= 0.3 is 5.97 Å². The molecule has 0 bridgehead atoms. The molecule has 1 aromatic heterocycles. The molecular weight excluding hydrogens is 206 g/mol. The Balaban J connectivity index is 1.96. The van der Waals surface area contributed by atoms with Gasteiger partial charge in [0.25, 0.3) is 0 Å². The minimum atomic E-state index is -1.03. The van der Waals surface area contributed by atoms with Gasteiger partial charge in [-0.05, 0) is 25.9 Å². The molecule has 0 unspecified atom stereocenters. The summed E-state index contributed by atoms with van der Waals surface area (Å²) in [5, 5.41) is 8.68. The van der Waals surface area contributed by atoms with Gasteiger partial charge in [-0.3, -0.25) is 9.88 Å². The summed E-state index contributed by atoms with van der Waals surface area (Å²) < 4.78 is 0. The van der Waals surface area contributed by atoms with Gasteiger partial charge in [0.2, 0.25) is 0 Å². The topological polar surface area (TPSA) is 66.3 Å². The van der Waals surface area contributed by atoms with Crippen LogP contribution in [-0.2, 0) is 6.54 Å². The van der Waals surface area contributed by atoms with E-state index in [9.17, 15) is 4.79 Å². The van der Waals surface area contributed by atoms with Crippen LogP contribution < -0.4 is 0 Å². The van der Waals surface area contributed by atoms with Crippen molar-refractivity contribution in [2.75, 3.05) is 13.1 Å². The predicted octanol–water partition coefficient (Wildman–Crippen LogP) is 1.16. The van der Waals surface area contributed by atoms with Gasteiger partial charge in [0.15, 0.2) is 5.69 Å². The number of piperidine rings is 1. The van der Waals surface area contributed by atoms with Crippen LogP contribution in [0, 0.1) is 0 Å². The maximum Gasteiger partial charge on any atom is 0.356 e. The monoisotopic (exact) mass is 221 g/mol. The Bertz CT molecular complexity index is 358. The fraction of sp³-hybridized carbons (Fsp3) is 0.545. The van der Waals surface area contributed by atoms with Gasteiger partial charge in [0, 0.05) is 6.54 Å². The quantitative estimate of drug-likeness (QED) is 0.829. The van der Waals surface area contributed by atoms with Crippen molar-refractivity contribution in [3.63, 3.8) is 0 Å². The number of carboxylic acid groups (broad SMARTS) is 1. The Labute approximate surface area is 94.1 Å². The average molecular weight is 221 g/mol. The number of aromatic nitrogens is 2. The molecule has 1 aliphatic rings. The van der Waals surface area contributed by atoms with Crippen molar-refractivity contribution in [2.24, 2.45) is 0 Å². The lowest BCUT2D eigenvalue weighted by atomic mass is 10.1. The summed E-state index contributed by atoms with van der Waals surface area (Å²) in [6.45, 7) is 2.97. The van der Waals surface area contributed by atoms with Crippen LogP contribution in [0.4, 0.5) is 0 Å². The van der Waals surface area contributed by atoms with Crippen LogP contribution in [0.5, 0.6) is 0 Å². The molecule has 0 aromatic carbocycles. The first-order valence-corrected chi connectivity index (χ1v) is 5.52. The Morgan fingerprint density at radius 1 is 1.25 bits per heavy atom. The summed E-state index contributed by atoms with van der Waals surface area (Å²) in [4.78, 5) is 20.9. The lowest BCUT2D eigenvalue weighted by molar-refractivity contribution is 0.0690. The van der Waals surface area contributed by atoms with Crippen molar-refractivity contribution in [2.45, 2.75) is 25.8 Å². The van der Waals surface area contributed by atoms with Crippen LogP contribution >= 0.6 is 0 Å². The van der Waals surface area contributed by atoms with E-state index in [0.717, 1.165) is 25.3 Å². The molecule has 1 aromatic rings. The molecule has 0 radical (unpaired) electrons. The molecular formula is C11H15N3O2. The second-order valence-corrected chi connectivity index (χ2v) is 4.03. The first-order chi connectivity index (χ1) is 7.75. The van der Waals surface area contributed by atoms with Crippen molar-refractivity contribution >= 4 is 5.97 Å². The van der Waals surface area contributed by atoms with Crippen LogP contribution in [0.25, 0.3) is 0 Å². The Hall–Kier alpha value is -1.49. The highest BCUT2D eigenvalue weighted by molar-refractivity contribution is 5.84. The van der Waals surface area contributed by atoms with E-state index in [4.69, 9.17) is 5.11 Å². The van der Waals surface area contributed by atoms with Gasteiger partial charge in [0.1, 0.15) is 0 Å². The fourth-order valence-corrected chi connectivity index (χ4v) is 1.89. The fourth-order valence-electron chi connectivity index (χ4n) is 1.89. The van der Waals surface area contributed by atoms with Crippen molar-refractivity contribution in [1.82, 2.24) is 14.9 Å². The molecule has 0 spiro atoms. The van der Waals surface area contributed by atoms with Crippen LogP contribution in [0.3, 0.4) is 0 Å². The molecule has 5 nitrogen and oxygen atoms in total. The maximum absolute atomic E-state index is 10.6. The zero-order chi connectivity index (χ0) is 11.4. The molecule has 0 atom stereocenters. The summed E-state index contributed by atoms with van der Waals surface area (Å²) >= 11 is 0. The largest absolute Gasteiger partial charge is 0.476 e. The SMILES string of the molecule is O=C(O)c1cnc(CN2CCCCC2)cn1. The summed E-state index contributed by atoms with van der Waals surface area (Å²) in [5.74, 6) is -1.03. The Morgan fingerprint density at radius 2 is 2.00 bits per heavy atom. The Kier molecular flexibility index (Phi) is 3.46. The maximum atomic E-state index is 10.6. The number of nitrogens with zero attached hydrogens (tertiary/aromatic N) is 3. The molecule has 2 rings (SSSR count). The third-order valence-electron chi connectivity index (χ3n) is 2.76. The van der Waals surface area contributed by atoms with E-state index in [2.05, 4.69) is 14.9 Å². The van der Waals surface area contributed by atoms with E-state index in [1.165, 1.54) is 25.5 Å². The molecule has 86 valence electrons. The van der Waals surface area contributed by atoms with E-state index >= 15 is 0 Å². The van der Waals surface area contributed by atoms with Gasteiger partial charge in [0.05, 0.1) is 18.1 Å². The van der Waals surface area contributed by atoms with Gasteiger partial charge in [-0.1, -0.05) is 6.42 Å². The van der Waals surface area contributed by atoms with Gasteiger partial charge < -0.3 is 5.11 Å². The number of rotatable bonds is 3. The molecule has 2 heterocycles. The summed E-state index contributed by atoms with van der Waals surface area (Å²) in [5.41, 5.74) is 0.842. The van der Waals surface area contributed by atoms with Crippen LogP contribution in [0.2, 0.25) is 0 Å². The third-order valence-corrected chi connectivity index (χ3v) is 2.76. The highest BCUT2D eigenvalue weighted by Crippen LogP contribution is 2.11. The second-order valence-electron chi connectivity index (χ2n) is 4.03.